The van der Waals surface area contributed by atoms with Crippen molar-refractivity contribution < 1.29 is 15.0 Å². The first-order valence-electron chi connectivity index (χ1n) is 7.42. The summed E-state index contributed by atoms with van der Waals surface area (Å²) in [5.41, 5.74) is 0.122. The van der Waals surface area contributed by atoms with Gasteiger partial charge in [0.2, 0.25) is 0 Å². The van der Waals surface area contributed by atoms with Crippen molar-refractivity contribution in [1.82, 2.24) is 9.97 Å². The minimum atomic E-state index is -0.250. The first-order valence-corrected chi connectivity index (χ1v) is 7.42. The second-order valence-electron chi connectivity index (χ2n) is 5.86. The van der Waals surface area contributed by atoms with E-state index in [-0.39, 0.29) is 18.0 Å². The van der Waals surface area contributed by atoms with Gasteiger partial charge in [-0.05, 0) is 38.7 Å². The molecular weight excluding hydrogens is 270 g/mol. The fourth-order valence-corrected chi connectivity index (χ4v) is 3.57. The van der Waals surface area contributed by atoms with Gasteiger partial charge in [0.1, 0.15) is 11.6 Å². The number of piperidine rings is 1. The van der Waals surface area contributed by atoms with Crippen LogP contribution in [0.25, 0.3) is 0 Å². The van der Waals surface area contributed by atoms with Crippen LogP contribution >= 0.6 is 0 Å². The van der Waals surface area contributed by atoms with E-state index in [4.69, 9.17) is 9.90 Å². The quantitative estimate of drug-likeness (QED) is 0.765. The first kappa shape index (κ1) is 15.7. The fraction of sp³-hybridized carbons (Fsp3) is 0.667. The summed E-state index contributed by atoms with van der Waals surface area (Å²) in [5, 5.41) is 17.2. The number of nitrogens with zero attached hydrogens (tertiary/aromatic N) is 3. The molecule has 2 heterocycles. The Balaban J connectivity index is 0.000000497. The van der Waals surface area contributed by atoms with Crippen molar-refractivity contribution in [3.05, 3.63) is 18.1 Å². The second-order valence-corrected chi connectivity index (χ2v) is 5.86. The first-order chi connectivity index (χ1) is 10.1. The molecule has 1 aromatic heterocycles. The monoisotopic (exact) mass is 293 g/mol. The van der Waals surface area contributed by atoms with Gasteiger partial charge < -0.3 is 15.1 Å². The third-order valence-corrected chi connectivity index (χ3v) is 4.55. The average molecular weight is 293 g/mol. The number of aromatic nitrogens is 2. The maximum absolute atomic E-state index is 10.3. The average Bonchev–Trinajstić information content (AvgIpc) is 2.81. The van der Waals surface area contributed by atoms with Gasteiger partial charge in [-0.25, -0.2) is 9.97 Å². The molecule has 1 aliphatic heterocycles. The largest absolute Gasteiger partial charge is 0.483 e. The molecule has 0 unspecified atom stereocenters. The number of aliphatic hydroxyl groups excluding tert-OH is 1. The summed E-state index contributed by atoms with van der Waals surface area (Å²) in [6.45, 7) is 3.67. The minimum absolute atomic E-state index is 0.122. The van der Waals surface area contributed by atoms with Crippen molar-refractivity contribution in [2.45, 2.75) is 45.1 Å². The third kappa shape index (κ3) is 3.50. The Labute approximate surface area is 124 Å². The molecule has 0 aromatic carbocycles. The van der Waals surface area contributed by atoms with E-state index in [9.17, 15) is 5.11 Å². The van der Waals surface area contributed by atoms with Crippen LogP contribution in [-0.4, -0.2) is 45.8 Å². The topological polar surface area (TPSA) is 86.5 Å². The maximum Gasteiger partial charge on any atom is 0.290 e. The Kier molecular flexibility index (Phi) is 5.12. The highest BCUT2D eigenvalue weighted by molar-refractivity contribution is 5.38. The zero-order valence-corrected chi connectivity index (χ0v) is 12.4. The summed E-state index contributed by atoms with van der Waals surface area (Å²) in [4.78, 5) is 19.3. The number of carboxylic acid groups (broad SMARTS) is 1. The molecule has 3 rings (SSSR count). The lowest BCUT2D eigenvalue weighted by molar-refractivity contribution is -0.122. The van der Waals surface area contributed by atoms with Crippen LogP contribution in [0.3, 0.4) is 0 Å². The van der Waals surface area contributed by atoms with Gasteiger partial charge in [-0.1, -0.05) is 6.42 Å². The number of carbonyl (C=O) groups is 1. The lowest BCUT2D eigenvalue weighted by Crippen LogP contribution is -2.47. The van der Waals surface area contributed by atoms with Gasteiger partial charge in [0, 0.05) is 24.7 Å². The zero-order chi connectivity index (χ0) is 15.3. The van der Waals surface area contributed by atoms with Crippen LogP contribution in [-0.2, 0) is 4.79 Å². The number of anilines is 1. The number of hydrogen-bond acceptors (Lipinski definition) is 5. The predicted octanol–water partition coefficient (Wildman–Crippen LogP) is 1.62. The summed E-state index contributed by atoms with van der Waals surface area (Å²) < 4.78 is 0. The van der Waals surface area contributed by atoms with Crippen molar-refractivity contribution >= 4 is 12.3 Å². The predicted molar refractivity (Wildman–Crippen MR) is 79.2 cm³/mol. The van der Waals surface area contributed by atoms with E-state index >= 15 is 0 Å². The highest BCUT2D eigenvalue weighted by Gasteiger charge is 2.44. The van der Waals surface area contributed by atoms with Crippen LogP contribution in [0.2, 0.25) is 0 Å². The molecule has 116 valence electrons. The minimum Gasteiger partial charge on any atom is -0.483 e. The molecule has 2 aliphatic rings. The van der Waals surface area contributed by atoms with Gasteiger partial charge in [-0.3, -0.25) is 4.79 Å². The number of rotatable bonds is 1. The smallest absolute Gasteiger partial charge is 0.290 e. The molecule has 1 aromatic rings. The molecule has 1 spiro atoms. The van der Waals surface area contributed by atoms with E-state index in [0.29, 0.717) is 0 Å². The van der Waals surface area contributed by atoms with Gasteiger partial charge in [0.15, 0.2) is 0 Å². The molecule has 2 atom stereocenters. The molecule has 21 heavy (non-hydrogen) atoms. The van der Waals surface area contributed by atoms with Gasteiger partial charge >= 0.3 is 0 Å². The maximum atomic E-state index is 10.3. The van der Waals surface area contributed by atoms with Crippen LogP contribution in [0.5, 0.6) is 0 Å². The lowest BCUT2D eigenvalue weighted by Gasteiger charge is -2.43. The van der Waals surface area contributed by atoms with Crippen molar-refractivity contribution in [3.63, 3.8) is 0 Å². The van der Waals surface area contributed by atoms with E-state index in [0.717, 1.165) is 56.8 Å². The number of hydrogen-bond donors (Lipinski definition) is 2. The molecule has 0 amide bonds. The summed E-state index contributed by atoms with van der Waals surface area (Å²) in [5.74, 6) is 1.83. The number of aliphatic hydroxyl groups is 1. The molecule has 0 bridgehead atoms. The molecule has 0 radical (unpaired) electrons. The molecule has 6 nitrogen and oxygen atoms in total. The van der Waals surface area contributed by atoms with Crippen molar-refractivity contribution in [1.29, 1.82) is 0 Å². The fourth-order valence-electron chi connectivity index (χ4n) is 3.57. The highest BCUT2D eigenvalue weighted by Crippen LogP contribution is 2.45. The Hall–Kier alpha value is -1.69. The van der Waals surface area contributed by atoms with E-state index < -0.39 is 0 Å². The summed E-state index contributed by atoms with van der Waals surface area (Å²) in [6.07, 6.45) is 7.31. The van der Waals surface area contributed by atoms with Crippen LogP contribution in [0.15, 0.2) is 12.3 Å². The summed E-state index contributed by atoms with van der Waals surface area (Å²) >= 11 is 0. The van der Waals surface area contributed by atoms with E-state index in [1.54, 1.807) is 0 Å². The third-order valence-electron chi connectivity index (χ3n) is 4.55. The van der Waals surface area contributed by atoms with Crippen molar-refractivity contribution in [2.24, 2.45) is 5.41 Å². The molecule has 1 saturated carbocycles. The van der Waals surface area contributed by atoms with Gasteiger partial charge in [-0.15, -0.1) is 0 Å². The van der Waals surface area contributed by atoms with Crippen LogP contribution in [0.1, 0.15) is 37.9 Å². The molecule has 1 saturated heterocycles. The SMILES string of the molecule is Cc1nccc(N2CCC[C@@]3(CCC[C@H]3O)C2)n1.O=CO. The van der Waals surface area contributed by atoms with Crippen LogP contribution < -0.4 is 4.90 Å². The van der Waals surface area contributed by atoms with Gasteiger partial charge in [-0.2, -0.15) is 0 Å². The summed E-state index contributed by atoms with van der Waals surface area (Å²) in [6, 6.07) is 1.98. The van der Waals surface area contributed by atoms with E-state index in [1.165, 1.54) is 0 Å². The zero-order valence-electron chi connectivity index (χ0n) is 12.4. The van der Waals surface area contributed by atoms with E-state index in [2.05, 4.69) is 14.9 Å². The molecule has 6 heteroatoms. The highest BCUT2D eigenvalue weighted by atomic mass is 16.3. The van der Waals surface area contributed by atoms with Crippen molar-refractivity contribution in [2.75, 3.05) is 18.0 Å². The molecular formula is C15H23N3O3. The number of aryl methyl sites for hydroxylation is 1. The Bertz CT molecular complexity index is 483. The van der Waals surface area contributed by atoms with Gasteiger partial charge in [0.25, 0.3) is 6.47 Å². The lowest BCUT2D eigenvalue weighted by atomic mass is 9.77. The Morgan fingerprint density at radius 1 is 1.43 bits per heavy atom. The molecule has 1 aliphatic carbocycles. The molecule has 2 N–H and O–H groups in total. The van der Waals surface area contributed by atoms with Crippen LogP contribution in [0, 0.1) is 12.3 Å². The summed E-state index contributed by atoms with van der Waals surface area (Å²) in [7, 11) is 0. The van der Waals surface area contributed by atoms with Crippen LogP contribution in [0.4, 0.5) is 5.82 Å². The van der Waals surface area contributed by atoms with E-state index in [1.807, 2.05) is 19.2 Å². The molecule has 2 fully saturated rings. The second kappa shape index (κ2) is 6.85. The normalized spacial score (nSPS) is 28.1. The Morgan fingerprint density at radius 3 is 2.76 bits per heavy atom. The standard InChI is InChI=1S/C14H21N3O.CH2O2/c1-11-15-8-5-13(16-11)17-9-3-7-14(10-17)6-2-4-12(14)18;2-1-3/h5,8,12,18H,2-4,6-7,9-10H2,1H3;1H,(H,2,3)/t12-,14+;/m1./s1. The Morgan fingerprint density at radius 2 is 2.14 bits per heavy atom. The van der Waals surface area contributed by atoms with Crippen molar-refractivity contribution in [3.8, 4) is 0 Å². The van der Waals surface area contributed by atoms with Gasteiger partial charge in [0.05, 0.1) is 6.10 Å².